The van der Waals surface area contributed by atoms with E-state index in [2.05, 4.69) is 22.4 Å². The molecule has 0 bridgehead atoms. The number of aryl methyl sites for hydroxylation is 1. The number of nitrogens with zero attached hydrogens (tertiary/aromatic N) is 4. The van der Waals surface area contributed by atoms with Crippen molar-refractivity contribution in [2.24, 2.45) is 0 Å². The van der Waals surface area contributed by atoms with E-state index in [4.69, 9.17) is 0 Å². The summed E-state index contributed by atoms with van der Waals surface area (Å²) in [5, 5.41) is 7.27. The predicted molar refractivity (Wildman–Crippen MR) is 91.0 cm³/mol. The van der Waals surface area contributed by atoms with E-state index in [1.165, 1.54) is 12.1 Å². The molecule has 1 saturated heterocycles. The minimum Gasteiger partial charge on any atom is -0.323 e. The second-order valence-electron chi connectivity index (χ2n) is 6.13. The number of hydrogen-bond acceptors (Lipinski definition) is 3. The van der Waals surface area contributed by atoms with Gasteiger partial charge in [-0.25, -0.2) is 13.9 Å². The first-order valence-electron chi connectivity index (χ1n) is 8.10. The van der Waals surface area contributed by atoms with Crippen LogP contribution >= 0.6 is 0 Å². The highest BCUT2D eigenvalue weighted by Crippen LogP contribution is 2.16. The van der Waals surface area contributed by atoms with Crippen LogP contribution in [0, 0.1) is 12.7 Å². The largest absolute Gasteiger partial charge is 0.323 e. The van der Waals surface area contributed by atoms with Gasteiger partial charge in [-0.3, -0.25) is 5.32 Å². The molecule has 3 rings (SSSR count). The van der Waals surface area contributed by atoms with Crippen LogP contribution in [0.4, 0.5) is 15.0 Å². The minimum atomic E-state index is -0.289. The Hall–Kier alpha value is -2.41. The van der Waals surface area contributed by atoms with Crippen LogP contribution < -0.4 is 5.32 Å². The molecule has 7 heteroatoms. The number of likely N-dealkylation sites (N-methyl/N-ethyl adjacent to an activating group) is 1. The lowest BCUT2D eigenvalue weighted by Crippen LogP contribution is -2.37. The van der Waals surface area contributed by atoms with Gasteiger partial charge in [0.2, 0.25) is 0 Å². The summed E-state index contributed by atoms with van der Waals surface area (Å²) in [6, 6.07) is 7.78. The summed E-state index contributed by atoms with van der Waals surface area (Å²) in [5.41, 5.74) is 1.62. The van der Waals surface area contributed by atoms with E-state index in [1.807, 2.05) is 17.9 Å². The van der Waals surface area contributed by atoms with Gasteiger partial charge in [0.1, 0.15) is 5.82 Å². The summed E-state index contributed by atoms with van der Waals surface area (Å²) in [4.78, 5) is 16.5. The van der Waals surface area contributed by atoms with Gasteiger partial charge >= 0.3 is 6.03 Å². The van der Waals surface area contributed by atoms with Gasteiger partial charge < -0.3 is 9.80 Å². The molecule has 0 saturated carbocycles. The molecule has 1 N–H and O–H groups in total. The van der Waals surface area contributed by atoms with Crippen LogP contribution in [0.1, 0.15) is 12.1 Å². The van der Waals surface area contributed by atoms with E-state index in [1.54, 1.807) is 16.8 Å². The summed E-state index contributed by atoms with van der Waals surface area (Å²) < 4.78 is 14.7. The average molecular weight is 331 g/mol. The fourth-order valence-corrected chi connectivity index (χ4v) is 2.82. The summed E-state index contributed by atoms with van der Waals surface area (Å²) in [6.07, 6.45) is 0.965. The molecule has 0 spiro atoms. The molecule has 1 aliphatic heterocycles. The Labute approximate surface area is 140 Å². The van der Waals surface area contributed by atoms with Gasteiger partial charge in [-0.05, 0) is 51.2 Å². The summed E-state index contributed by atoms with van der Waals surface area (Å²) in [7, 11) is 2.06. The average Bonchev–Trinajstić information content (AvgIpc) is 2.77. The number of benzene rings is 1. The van der Waals surface area contributed by atoms with Crippen LogP contribution in [-0.2, 0) is 0 Å². The molecule has 2 heterocycles. The minimum absolute atomic E-state index is 0.131. The van der Waals surface area contributed by atoms with Crippen molar-refractivity contribution in [3.8, 4) is 5.69 Å². The van der Waals surface area contributed by atoms with Crippen LogP contribution in [0.5, 0.6) is 0 Å². The van der Waals surface area contributed by atoms with Crippen molar-refractivity contribution in [3.05, 3.63) is 41.8 Å². The van der Waals surface area contributed by atoms with Crippen molar-refractivity contribution < 1.29 is 9.18 Å². The van der Waals surface area contributed by atoms with Gasteiger partial charge in [0.25, 0.3) is 0 Å². The van der Waals surface area contributed by atoms with Crippen molar-refractivity contribution in [2.75, 3.05) is 38.5 Å². The number of anilines is 1. The number of nitrogens with one attached hydrogen (secondary N) is 1. The van der Waals surface area contributed by atoms with Crippen LogP contribution in [0.2, 0.25) is 0 Å². The Balaban J connectivity index is 1.70. The zero-order valence-corrected chi connectivity index (χ0v) is 14.0. The van der Waals surface area contributed by atoms with Crippen molar-refractivity contribution in [1.82, 2.24) is 19.6 Å². The maximum Gasteiger partial charge on any atom is 0.323 e. The Morgan fingerprint density at radius 2 is 1.92 bits per heavy atom. The summed E-state index contributed by atoms with van der Waals surface area (Å²) >= 11 is 0. The standard InChI is InChI=1S/C17H22FN5O/c1-13-12-16(20-23(13)15-6-4-14(18)5-7-15)19-17(24)22-9-3-8-21(2)10-11-22/h4-7,12H,3,8-11H2,1-2H3,(H,19,20,24). The smallest absolute Gasteiger partial charge is 0.323 e. The maximum atomic E-state index is 13.1. The maximum absolute atomic E-state index is 13.1. The van der Waals surface area contributed by atoms with E-state index < -0.39 is 0 Å². The van der Waals surface area contributed by atoms with E-state index in [0.717, 1.165) is 37.4 Å². The molecule has 1 aliphatic rings. The summed E-state index contributed by atoms with van der Waals surface area (Å²) in [5.74, 6) is 0.211. The molecule has 128 valence electrons. The molecule has 0 atom stereocenters. The van der Waals surface area contributed by atoms with Crippen LogP contribution in [0.15, 0.2) is 30.3 Å². The topological polar surface area (TPSA) is 53.4 Å². The van der Waals surface area contributed by atoms with Gasteiger partial charge in [-0.15, -0.1) is 5.10 Å². The number of halogens is 1. The monoisotopic (exact) mass is 331 g/mol. The number of aromatic nitrogens is 2. The lowest BCUT2D eigenvalue weighted by Gasteiger charge is -2.20. The molecule has 24 heavy (non-hydrogen) atoms. The van der Waals surface area contributed by atoms with Crippen molar-refractivity contribution >= 4 is 11.8 Å². The quantitative estimate of drug-likeness (QED) is 0.920. The molecular formula is C17H22FN5O. The number of hydrogen-bond donors (Lipinski definition) is 1. The Morgan fingerprint density at radius 3 is 2.67 bits per heavy atom. The molecule has 6 nitrogen and oxygen atoms in total. The van der Waals surface area contributed by atoms with E-state index in [-0.39, 0.29) is 11.8 Å². The van der Waals surface area contributed by atoms with Crippen LogP contribution in [-0.4, -0.2) is 58.8 Å². The van der Waals surface area contributed by atoms with Crippen LogP contribution in [0.3, 0.4) is 0 Å². The van der Waals surface area contributed by atoms with E-state index in [9.17, 15) is 9.18 Å². The molecule has 1 aromatic carbocycles. The Morgan fingerprint density at radius 1 is 1.17 bits per heavy atom. The number of urea groups is 1. The second-order valence-corrected chi connectivity index (χ2v) is 6.13. The second kappa shape index (κ2) is 7.00. The molecule has 1 aromatic heterocycles. The van der Waals surface area contributed by atoms with Gasteiger partial charge in [-0.1, -0.05) is 0 Å². The first kappa shape index (κ1) is 16.4. The number of carbonyl (C=O) groups excluding carboxylic acids is 1. The third kappa shape index (κ3) is 3.73. The predicted octanol–water partition coefficient (Wildman–Crippen LogP) is 2.49. The number of amides is 2. The number of carbonyl (C=O) groups is 1. The highest BCUT2D eigenvalue weighted by Gasteiger charge is 2.18. The fraction of sp³-hybridized carbons (Fsp3) is 0.412. The first-order valence-corrected chi connectivity index (χ1v) is 8.10. The molecule has 0 unspecified atom stereocenters. The van der Waals surface area contributed by atoms with Gasteiger partial charge in [-0.2, -0.15) is 0 Å². The lowest BCUT2D eigenvalue weighted by molar-refractivity contribution is 0.213. The van der Waals surface area contributed by atoms with Gasteiger partial charge in [0.15, 0.2) is 5.82 Å². The van der Waals surface area contributed by atoms with E-state index in [0.29, 0.717) is 12.4 Å². The van der Waals surface area contributed by atoms with Crippen molar-refractivity contribution in [3.63, 3.8) is 0 Å². The fourth-order valence-electron chi connectivity index (χ4n) is 2.82. The molecule has 0 radical (unpaired) electrons. The summed E-state index contributed by atoms with van der Waals surface area (Å²) in [6.45, 7) is 5.22. The molecular weight excluding hydrogens is 309 g/mol. The highest BCUT2D eigenvalue weighted by atomic mass is 19.1. The zero-order valence-electron chi connectivity index (χ0n) is 14.0. The van der Waals surface area contributed by atoms with Crippen molar-refractivity contribution in [2.45, 2.75) is 13.3 Å². The zero-order chi connectivity index (χ0) is 17.1. The first-order chi connectivity index (χ1) is 11.5. The molecule has 2 amide bonds. The third-order valence-electron chi connectivity index (χ3n) is 4.20. The van der Waals surface area contributed by atoms with E-state index >= 15 is 0 Å². The normalized spacial score (nSPS) is 16.0. The molecule has 1 fully saturated rings. The SMILES string of the molecule is Cc1cc(NC(=O)N2CCCN(C)CC2)nn1-c1ccc(F)cc1. The van der Waals surface area contributed by atoms with Crippen LogP contribution in [0.25, 0.3) is 5.69 Å². The van der Waals surface area contributed by atoms with Gasteiger partial charge in [0, 0.05) is 31.4 Å². The number of rotatable bonds is 2. The molecule has 0 aliphatic carbocycles. The van der Waals surface area contributed by atoms with Gasteiger partial charge in [0.05, 0.1) is 5.69 Å². The molecule has 2 aromatic rings. The third-order valence-corrected chi connectivity index (χ3v) is 4.20. The Bertz CT molecular complexity index is 712. The lowest BCUT2D eigenvalue weighted by atomic mass is 10.3. The van der Waals surface area contributed by atoms with Crippen molar-refractivity contribution in [1.29, 1.82) is 0 Å². The Kier molecular flexibility index (Phi) is 4.80. The highest BCUT2D eigenvalue weighted by molar-refractivity contribution is 5.88.